The molecule has 0 saturated carbocycles. The number of hydrogen-bond acceptors (Lipinski definition) is 2. The van der Waals surface area contributed by atoms with Crippen LogP contribution in [0.4, 0.5) is 0 Å². The fraction of sp³-hybridized carbons (Fsp3) is 0.312. The van der Waals surface area contributed by atoms with Gasteiger partial charge in [0.25, 0.3) is 0 Å². The van der Waals surface area contributed by atoms with Crippen LogP contribution in [-0.4, -0.2) is 5.78 Å². The summed E-state index contributed by atoms with van der Waals surface area (Å²) in [6.45, 7) is 7.59. The molecular weight excluding hydrogens is 260 g/mol. The third kappa shape index (κ3) is 2.74. The van der Waals surface area contributed by atoms with Crippen molar-refractivity contribution in [2.45, 2.75) is 34.1 Å². The van der Waals surface area contributed by atoms with E-state index in [1.807, 2.05) is 45.9 Å². The van der Waals surface area contributed by atoms with Gasteiger partial charge in [0.05, 0.1) is 5.56 Å². The molecule has 1 aromatic carbocycles. The van der Waals surface area contributed by atoms with Gasteiger partial charge in [-0.15, -0.1) is 0 Å². The Bertz CT molecular complexity index is 638. The van der Waals surface area contributed by atoms with Gasteiger partial charge in [-0.25, -0.2) is 0 Å². The van der Waals surface area contributed by atoms with E-state index >= 15 is 0 Å². The van der Waals surface area contributed by atoms with Crippen molar-refractivity contribution in [1.82, 2.24) is 0 Å². The zero-order valence-electron chi connectivity index (χ0n) is 11.6. The highest BCUT2D eigenvalue weighted by Crippen LogP contribution is 2.24. The van der Waals surface area contributed by atoms with Crippen LogP contribution in [0.3, 0.4) is 0 Å². The molecule has 0 aliphatic heterocycles. The number of hydrogen-bond donors (Lipinski definition) is 0. The highest BCUT2D eigenvalue weighted by Gasteiger charge is 2.19. The molecule has 0 saturated heterocycles. The maximum atomic E-state index is 12.4. The monoisotopic (exact) mass is 276 g/mol. The minimum absolute atomic E-state index is 0.0533. The molecule has 0 radical (unpaired) electrons. The van der Waals surface area contributed by atoms with Crippen LogP contribution in [0.2, 0.25) is 5.02 Å². The normalized spacial score (nSPS) is 10.8. The van der Waals surface area contributed by atoms with Crippen molar-refractivity contribution in [3.8, 4) is 0 Å². The van der Waals surface area contributed by atoms with Crippen LogP contribution in [0.25, 0.3) is 0 Å². The van der Waals surface area contributed by atoms with Crippen LogP contribution in [0, 0.1) is 27.7 Å². The number of rotatable bonds is 3. The van der Waals surface area contributed by atoms with E-state index in [-0.39, 0.29) is 5.78 Å². The van der Waals surface area contributed by atoms with Gasteiger partial charge >= 0.3 is 0 Å². The van der Waals surface area contributed by atoms with E-state index in [1.165, 1.54) is 0 Å². The van der Waals surface area contributed by atoms with E-state index in [2.05, 4.69) is 0 Å². The largest absolute Gasteiger partial charge is 0.466 e. The number of carbonyl (C=O) groups excluding carboxylic acids is 1. The topological polar surface area (TPSA) is 30.2 Å². The molecule has 0 aliphatic carbocycles. The van der Waals surface area contributed by atoms with Crippen molar-refractivity contribution < 1.29 is 9.21 Å². The molecule has 0 N–H and O–H groups in total. The van der Waals surface area contributed by atoms with Crippen molar-refractivity contribution in [1.29, 1.82) is 0 Å². The van der Waals surface area contributed by atoms with Gasteiger partial charge in [-0.05, 0) is 44.9 Å². The number of benzene rings is 1. The number of halogens is 1. The van der Waals surface area contributed by atoms with Crippen molar-refractivity contribution >= 4 is 17.4 Å². The Morgan fingerprint density at radius 1 is 1.16 bits per heavy atom. The van der Waals surface area contributed by atoms with Gasteiger partial charge in [0.15, 0.2) is 5.78 Å². The predicted molar refractivity (Wildman–Crippen MR) is 77.1 cm³/mol. The van der Waals surface area contributed by atoms with Crippen molar-refractivity contribution in [2.75, 3.05) is 0 Å². The Morgan fingerprint density at radius 2 is 1.84 bits per heavy atom. The van der Waals surface area contributed by atoms with Gasteiger partial charge in [0.1, 0.15) is 11.5 Å². The summed E-state index contributed by atoms with van der Waals surface area (Å²) in [7, 11) is 0. The molecule has 0 unspecified atom stereocenters. The first-order valence-electron chi connectivity index (χ1n) is 6.25. The molecule has 1 heterocycles. The standard InChI is InChI=1S/C16H17ClO2/c1-9-5-6-13(14(17)7-9)8-15(18)16-10(2)11(3)19-12(16)4/h5-7H,8H2,1-4H3. The lowest BCUT2D eigenvalue weighted by Crippen LogP contribution is -2.06. The number of carbonyl (C=O) groups is 1. The van der Waals surface area contributed by atoms with Gasteiger partial charge in [0, 0.05) is 17.0 Å². The third-order valence-corrected chi connectivity index (χ3v) is 3.75. The van der Waals surface area contributed by atoms with Crippen LogP contribution in [0.15, 0.2) is 22.6 Å². The van der Waals surface area contributed by atoms with Gasteiger partial charge in [-0.1, -0.05) is 23.7 Å². The third-order valence-electron chi connectivity index (χ3n) is 3.40. The highest BCUT2D eigenvalue weighted by molar-refractivity contribution is 6.31. The number of ketones is 1. The van der Waals surface area contributed by atoms with Gasteiger partial charge < -0.3 is 4.42 Å². The number of aryl methyl sites for hydroxylation is 3. The highest BCUT2D eigenvalue weighted by atomic mass is 35.5. The average molecular weight is 277 g/mol. The predicted octanol–water partition coefficient (Wildman–Crippen LogP) is 4.59. The summed E-state index contributed by atoms with van der Waals surface area (Å²) in [5.74, 6) is 1.54. The molecule has 19 heavy (non-hydrogen) atoms. The Labute approximate surface area is 118 Å². The second-order valence-electron chi connectivity index (χ2n) is 4.91. The SMILES string of the molecule is Cc1ccc(CC(=O)c2c(C)oc(C)c2C)c(Cl)c1. The van der Waals surface area contributed by atoms with E-state index < -0.39 is 0 Å². The number of furan rings is 1. The first kappa shape index (κ1) is 13.9. The second kappa shape index (κ2) is 5.22. The molecular formula is C16H17ClO2. The molecule has 0 amide bonds. The summed E-state index contributed by atoms with van der Waals surface area (Å²) in [6.07, 6.45) is 0.305. The van der Waals surface area contributed by atoms with Gasteiger partial charge in [-0.2, -0.15) is 0 Å². The second-order valence-corrected chi connectivity index (χ2v) is 5.32. The first-order chi connectivity index (χ1) is 8.90. The summed E-state index contributed by atoms with van der Waals surface area (Å²) in [5, 5.41) is 0.642. The van der Waals surface area contributed by atoms with Crippen molar-refractivity contribution in [2.24, 2.45) is 0 Å². The lowest BCUT2D eigenvalue weighted by molar-refractivity contribution is 0.0991. The first-order valence-corrected chi connectivity index (χ1v) is 6.62. The maximum absolute atomic E-state index is 12.4. The molecule has 2 aromatic rings. The molecule has 0 fully saturated rings. The molecule has 100 valence electrons. The van der Waals surface area contributed by atoms with Crippen LogP contribution in [0.1, 0.15) is 38.6 Å². The van der Waals surface area contributed by atoms with Crippen LogP contribution < -0.4 is 0 Å². The summed E-state index contributed by atoms with van der Waals surface area (Å²) in [4.78, 5) is 12.4. The molecule has 2 rings (SSSR count). The summed E-state index contributed by atoms with van der Waals surface area (Å²) < 4.78 is 5.50. The van der Waals surface area contributed by atoms with Crippen LogP contribution >= 0.6 is 11.6 Å². The lowest BCUT2D eigenvalue weighted by atomic mass is 9.99. The van der Waals surface area contributed by atoms with Crippen LogP contribution in [-0.2, 0) is 6.42 Å². The quantitative estimate of drug-likeness (QED) is 0.768. The molecule has 1 aromatic heterocycles. The minimum Gasteiger partial charge on any atom is -0.466 e. The van der Waals surface area contributed by atoms with Gasteiger partial charge in [-0.3, -0.25) is 4.79 Å². The molecule has 0 atom stereocenters. The molecule has 3 heteroatoms. The van der Waals surface area contributed by atoms with E-state index in [1.54, 1.807) is 0 Å². The average Bonchev–Trinajstić information content (AvgIpc) is 2.57. The fourth-order valence-electron chi connectivity index (χ4n) is 2.26. The molecule has 0 bridgehead atoms. The molecule has 0 aliphatic rings. The Balaban J connectivity index is 2.31. The zero-order valence-corrected chi connectivity index (χ0v) is 12.4. The lowest BCUT2D eigenvalue weighted by Gasteiger charge is -2.05. The number of Topliss-reactive ketones (excluding diaryl/α,β-unsaturated/α-hetero) is 1. The van der Waals surface area contributed by atoms with E-state index in [0.29, 0.717) is 22.8 Å². The molecule has 2 nitrogen and oxygen atoms in total. The van der Waals surface area contributed by atoms with Crippen LogP contribution in [0.5, 0.6) is 0 Å². The molecule has 0 spiro atoms. The zero-order chi connectivity index (χ0) is 14.2. The Kier molecular flexibility index (Phi) is 3.81. The summed E-state index contributed by atoms with van der Waals surface area (Å²) in [5.41, 5.74) is 3.56. The Hall–Kier alpha value is -1.54. The minimum atomic E-state index is 0.0533. The van der Waals surface area contributed by atoms with Crippen molar-refractivity contribution in [3.05, 3.63) is 57.0 Å². The van der Waals surface area contributed by atoms with Crippen molar-refractivity contribution in [3.63, 3.8) is 0 Å². The Morgan fingerprint density at radius 3 is 2.37 bits per heavy atom. The fourth-order valence-corrected chi connectivity index (χ4v) is 2.56. The maximum Gasteiger partial charge on any atom is 0.171 e. The van der Waals surface area contributed by atoms with Gasteiger partial charge in [0.2, 0.25) is 0 Å². The van der Waals surface area contributed by atoms with E-state index in [4.69, 9.17) is 16.0 Å². The summed E-state index contributed by atoms with van der Waals surface area (Å²) >= 11 is 6.17. The summed E-state index contributed by atoms with van der Waals surface area (Å²) in [6, 6.07) is 5.76. The van der Waals surface area contributed by atoms with E-state index in [9.17, 15) is 4.79 Å². The van der Waals surface area contributed by atoms with E-state index in [0.717, 1.165) is 22.5 Å². The smallest absolute Gasteiger partial charge is 0.171 e.